The van der Waals surface area contributed by atoms with Gasteiger partial charge in [-0.3, -0.25) is 9.60 Å². The fourth-order valence-corrected chi connectivity index (χ4v) is 0.932. The molecule has 0 aromatic heterocycles. The Balaban J connectivity index is 2.68. The number of hydrogen-bond donors (Lipinski definition) is 1. The first-order valence-corrected chi connectivity index (χ1v) is 3.85. The second-order valence-electron chi connectivity index (χ2n) is 2.46. The van der Waals surface area contributed by atoms with Gasteiger partial charge in [0.05, 0.1) is 0 Å². The minimum atomic E-state index is -1.40. The molecule has 1 aromatic rings. The highest BCUT2D eigenvalue weighted by Gasteiger charge is 2.17. The molecular weight excluding hydrogens is 190 g/mol. The molecule has 0 heterocycles. The maximum Gasteiger partial charge on any atom is 0.523 e. The largest absolute Gasteiger partial charge is 0.523 e. The van der Waals surface area contributed by atoms with Crippen LogP contribution in [0.3, 0.4) is 0 Å². The van der Waals surface area contributed by atoms with Crippen molar-refractivity contribution < 1.29 is 23.9 Å². The number of rotatable bonds is 5. The van der Waals surface area contributed by atoms with Crippen molar-refractivity contribution in [1.82, 2.24) is 0 Å². The molecule has 0 aliphatic carbocycles. The van der Waals surface area contributed by atoms with Crippen molar-refractivity contribution in [3.8, 4) is 0 Å². The van der Waals surface area contributed by atoms with E-state index in [1.807, 2.05) is 0 Å². The maximum atomic E-state index is 11.5. The number of hydrogen-bond acceptors (Lipinski definition) is 4. The lowest BCUT2D eigenvalue weighted by atomic mass is 9.79. The zero-order valence-electron chi connectivity index (χ0n) is 7.22. The second-order valence-corrected chi connectivity index (χ2v) is 2.46. The molecule has 0 saturated carbocycles. The van der Waals surface area contributed by atoms with Crippen molar-refractivity contribution in [3.63, 3.8) is 0 Å². The Bertz CT molecular complexity index is 307. The third kappa shape index (κ3) is 2.92. The quantitative estimate of drug-likeness (QED) is 0.314. The van der Waals surface area contributed by atoms with Gasteiger partial charge in [0.1, 0.15) is 6.29 Å². The molecule has 6 heteroatoms. The predicted molar refractivity (Wildman–Crippen MR) is 47.6 cm³/mol. The van der Waals surface area contributed by atoms with Crippen molar-refractivity contribution in [3.05, 3.63) is 29.8 Å². The first-order chi connectivity index (χ1) is 6.77. The van der Waals surface area contributed by atoms with Crippen LogP contribution in [0.25, 0.3) is 0 Å². The highest BCUT2D eigenvalue weighted by atomic mass is 19.1. The summed E-state index contributed by atoms with van der Waals surface area (Å²) < 4.78 is 11.5. The van der Waals surface area contributed by atoms with Crippen molar-refractivity contribution in [2.45, 2.75) is 0 Å². The molecule has 0 saturated heterocycles. The third-order valence-corrected chi connectivity index (χ3v) is 1.54. The molecule has 0 radical (unpaired) electrons. The van der Waals surface area contributed by atoms with E-state index in [4.69, 9.17) is 0 Å². The van der Waals surface area contributed by atoms with Gasteiger partial charge in [0.2, 0.25) is 6.86 Å². The van der Waals surface area contributed by atoms with Crippen LogP contribution in [0.5, 0.6) is 0 Å². The molecule has 0 fully saturated rings. The zero-order valence-corrected chi connectivity index (χ0v) is 7.22. The molecule has 74 valence electrons. The van der Waals surface area contributed by atoms with Crippen molar-refractivity contribution in [1.29, 1.82) is 0 Å². The van der Waals surface area contributed by atoms with Crippen LogP contribution < -0.4 is 5.46 Å². The first kappa shape index (κ1) is 10.8. The molecule has 14 heavy (non-hydrogen) atoms. The third-order valence-electron chi connectivity index (χ3n) is 1.54. The summed E-state index contributed by atoms with van der Waals surface area (Å²) in [5.74, 6) is 0. The van der Waals surface area contributed by atoms with Crippen LogP contribution in [-0.2, 0) is 9.69 Å². The SMILES string of the molecule is O=Cc1cccc(B(O)OOCF)c1. The Morgan fingerprint density at radius 2 is 2.36 bits per heavy atom. The minimum Gasteiger partial charge on any atom is -0.422 e. The normalized spacial score (nSPS) is 9.86. The molecule has 0 atom stereocenters. The molecule has 0 aliphatic heterocycles. The van der Waals surface area contributed by atoms with E-state index in [-0.39, 0.29) is 0 Å². The molecule has 0 bridgehead atoms. The van der Waals surface area contributed by atoms with Crippen molar-refractivity contribution in [2.24, 2.45) is 0 Å². The predicted octanol–water partition coefficient (Wildman–Crippen LogP) is 0.0618. The highest BCUT2D eigenvalue weighted by Crippen LogP contribution is 1.94. The van der Waals surface area contributed by atoms with Gasteiger partial charge < -0.3 is 5.02 Å². The monoisotopic (exact) mass is 198 g/mol. The average molecular weight is 198 g/mol. The Labute approximate surface area is 80.3 Å². The highest BCUT2D eigenvalue weighted by molar-refractivity contribution is 6.59. The van der Waals surface area contributed by atoms with Gasteiger partial charge in [-0.15, -0.1) is 0 Å². The van der Waals surface area contributed by atoms with E-state index in [0.717, 1.165) is 0 Å². The van der Waals surface area contributed by atoms with Crippen molar-refractivity contribution >= 4 is 18.9 Å². The Morgan fingerprint density at radius 3 is 3.00 bits per heavy atom. The molecule has 1 N–H and O–H groups in total. The van der Waals surface area contributed by atoms with E-state index in [9.17, 15) is 14.2 Å². The van der Waals surface area contributed by atoms with Crippen LogP contribution in [0.4, 0.5) is 4.39 Å². The molecular formula is C8H8BFO4. The second kappa shape index (κ2) is 5.49. The topological polar surface area (TPSA) is 55.8 Å². The van der Waals surface area contributed by atoms with E-state index in [1.165, 1.54) is 12.1 Å². The van der Waals surface area contributed by atoms with E-state index < -0.39 is 14.0 Å². The Kier molecular flexibility index (Phi) is 4.25. The van der Waals surface area contributed by atoms with Crippen molar-refractivity contribution in [2.75, 3.05) is 6.86 Å². The number of aldehydes is 1. The number of halogens is 1. The Hall–Kier alpha value is -1.24. The lowest BCUT2D eigenvalue weighted by Crippen LogP contribution is -2.33. The van der Waals surface area contributed by atoms with E-state index in [1.54, 1.807) is 12.1 Å². The molecule has 0 amide bonds. The van der Waals surface area contributed by atoms with Crippen LogP contribution in [0.2, 0.25) is 0 Å². The molecule has 0 spiro atoms. The van der Waals surface area contributed by atoms with Gasteiger partial charge in [-0.05, 0) is 5.46 Å². The summed E-state index contributed by atoms with van der Waals surface area (Å²) in [6, 6.07) is 6.08. The molecule has 1 rings (SSSR count). The van der Waals surface area contributed by atoms with Crippen LogP contribution >= 0.6 is 0 Å². The van der Waals surface area contributed by atoms with Gasteiger partial charge in [0, 0.05) is 5.56 Å². The van der Waals surface area contributed by atoms with Gasteiger partial charge in [0.15, 0.2) is 0 Å². The lowest BCUT2D eigenvalue weighted by molar-refractivity contribution is -0.246. The summed E-state index contributed by atoms with van der Waals surface area (Å²) in [7, 11) is -1.40. The summed E-state index contributed by atoms with van der Waals surface area (Å²) >= 11 is 0. The zero-order chi connectivity index (χ0) is 10.4. The lowest BCUT2D eigenvalue weighted by Gasteiger charge is -2.05. The average Bonchev–Trinajstić information content (AvgIpc) is 2.26. The van der Waals surface area contributed by atoms with Crippen LogP contribution in [0, 0.1) is 0 Å². The number of carbonyl (C=O) groups excluding carboxylic acids is 1. The first-order valence-electron chi connectivity index (χ1n) is 3.85. The Morgan fingerprint density at radius 1 is 1.57 bits per heavy atom. The molecule has 0 aliphatic rings. The summed E-state index contributed by atoms with van der Waals surface area (Å²) in [5, 5.41) is 9.24. The van der Waals surface area contributed by atoms with E-state index in [2.05, 4.69) is 9.69 Å². The fourth-order valence-electron chi connectivity index (χ4n) is 0.932. The molecule has 1 aromatic carbocycles. The number of benzene rings is 1. The smallest absolute Gasteiger partial charge is 0.422 e. The summed E-state index contributed by atoms with van der Waals surface area (Å²) in [5.41, 5.74) is 0.716. The van der Waals surface area contributed by atoms with Crippen LogP contribution in [0.15, 0.2) is 24.3 Å². The molecule has 0 unspecified atom stereocenters. The van der Waals surface area contributed by atoms with Crippen LogP contribution in [-0.4, -0.2) is 25.3 Å². The van der Waals surface area contributed by atoms with Gasteiger partial charge >= 0.3 is 7.12 Å². The summed E-state index contributed by atoms with van der Waals surface area (Å²) in [6.07, 6.45) is 0.631. The van der Waals surface area contributed by atoms with Gasteiger partial charge in [0.25, 0.3) is 0 Å². The van der Waals surface area contributed by atoms with Gasteiger partial charge in [-0.25, -0.2) is 9.28 Å². The molecule has 4 nitrogen and oxygen atoms in total. The van der Waals surface area contributed by atoms with Gasteiger partial charge in [-0.1, -0.05) is 24.3 Å². The summed E-state index contributed by atoms with van der Waals surface area (Å²) in [6.45, 7) is -1.15. The standard InChI is InChI=1S/C8H8BFO4/c10-6-13-14-9(12)8-3-1-2-7(4-8)5-11/h1-5,12H,6H2. The van der Waals surface area contributed by atoms with E-state index in [0.29, 0.717) is 17.3 Å². The van der Waals surface area contributed by atoms with E-state index >= 15 is 0 Å². The van der Waals surface area contributed by atoms with Crippen LogP contribution in [0.1, 0.15) is 10.4 Å². The summed E-state index contributed by atoms with van der Waals surface area (Å²) in [4.78, 5) is 18.5. The maximum absolute atomic E-state index is 11.5. The van der Waals surface area contributed by atoms with Gasteiger partial charge in [-0.2, -0.15) is 0 Å². The fraction of sp³-hybridized carbons (Fsp3) is 0.125. The minimum absolute atomic E-state index is 0.322. The number of alkyl halides is 1. The number of carbonyl (C=O) groups is 1.